The molecule has 2 N–H and O–H groups in total. The number of hydrogen-bond acceptors (Lipinski definition) is 4. The second kappa shape index (κ2) is 6.87. The van der Waals surface area contributed by atoms with Gasteiger partial charge in [-0.25, -0.2) is 9.97 Å². The fourth-order valence-corrected chi connectivity index (χ4v) is 2.34. The zero-order valence-electron chi connectivity index (χ0n) is 12.1. The molecule has 1 fully saturated rings. The van der Waals surface area contributed by atoms with Crippen LogP contribution in [0.15, 0.2) is 41.0 Å². The summed E-state index contributed by atoms with van der Waals surface area (Å²) in [4.78, 5) is 20.6. The molecule has 3 rings (SSSR count). The zero-order valence-corrected chi connectivity index (χ0v) is 13.6. The van der Waals surface area contributed by atoms with Crippen molar-refractivity contribution in [2.75, 3.05) is 17.2 Å². The number of rotatable bonds is 6. The van der Waals surface area contributed by atoms with E-state index in [1.165, 1.54) is 12.8 Å². The van der Waals surface area contributed by atoms with Crippen LogP contribution in [0.1, 0.15) is 31.0 Å². The number of nitrogens with zero attached hydrogens (tertiary/aromatic N) is 2. The number of nitrogens with one attached hydrogen (secondary N) is 2. The second-order valence-electron chi connectivity index (χ2n) is 5.31. The Bertz CT molecular complexity index is 655. The Morgan fingerprint density at radius 3 is 2.73 bits per heavy atom. The van der Waals surface area contributed by atoms with Crippen LogP contribution >= 0.6 is 15.9 Å². The second-order valence-corrected chi connectivity index (χ2v) is 6.22. The third kappa shape index (κ3) is 4.27. The normalized spacial score (nSPS) is 13.7. The van der Waals surface area contributed by atoms with Gasteiger partial charge in [0, 0.05) is 35.2 Å². The van der Waals surface area contributed by atoms with E-state index < -0.39 is 0 Å². The molecule has 5 nitrogen and oxygen atoms in total. The molecule has 1 saturated carbocycles. The molecule has 1 aromatic heterocycles. The van der Waals surface area contributed by atoms with E-state index in [0.717, 1.165) is 21.8 Å². The first-order valence-electron chi connectivity index (χ1n) is 7.33. The summed E-state index contributed by atoms with van der Waals surface area (Å²) in [5.41, 5.74) is 0.797. The number of hydrogen-bond donors (Lipinski definition) is 2. The first kappa shape index (κ1) is 15.0. The Balaban J connectivity index is 1.45. The molecule has 0 atom stereocenters. The average molecular weight is 361 g/mol. The number of carbonyl (C=O) groups excluding carboxylic acids is 1. The minimum absolute atomic E-state index is 0.0219. The minimum Gasteiger partial charge on any atom is -0.369 e. The number of aromatic nitrogens is 2. The van der Waals surface area contributed by atoms with Gasteiger partial charge in [0.1, 0.15) is 11.6 Å². The molecule has 1 amide bonds. The van der Waals surface area contributed by atoms with E-state index in [1.54, 1.807) is 6.20 Å². The van der Waals surface area contributed by atoms with Gasteiger partial charge in [-0.3, -0.25) is 4.79 Å². The van der Waals surface area contributed by atoms with Crippen molar-refractivity contribution >= 4 is 33.3 Å². The third-order valence-corrected chi connectivity index (χ3v) is 3.93. The van der Waals surface area contributed by atoms with Crippen LogP contribution in [0, 0.1) is 0 Å². The topological polar surface area (TPSA) is 66.9 Å². The Kier molecular flexibility index (Phi) is 4.68. The van der Waals surface area contributed by atoms with Gasteiger partial charge >= 0.3 is 0 Å². The van der Waals surface area contributed by atoms with E-state index in [0.29, 0.717) is 18.9 Å². The molecule has 1 aromatic carbocycles. The number of carbonyl (C=O) groups is 1. The number of anilines is 2. The standard InChI is InChI=1S/C16H17BrN4O/c17-12-3-5-13(6-4-12)20-15(22)8-10-18-14-7-9-19-16(21-14)11-1-2-11/h3-7,9,11H,1-2,8,10H2,(H,20,22)(H,18,19,21). The van der Waals surface area contributed by atoms with Crippen molar-refractivity contribution < 1.29 is 4.79 Å². The van der Waals surface area contributed by atoms with Crippen LogP contribution in [0.25, 0.3) is 0 Å². The maximum absolute atomic E-state index is 11.9. The van der Waals surface area contributed by atoms with Crippen LogP contribution in [-0.4, -0.2) is 22.4 Å². The summed E-state index contributed by atoms with van der Waals surface area (Å²) < 4.78 is 0.988. The average Bonchev–Trinajstić information content (AvgIpc) is 3.35. The van der Waals surface area contributed by atoms with Gasteiger partial charge in [-0.1, -0.05) is 15.9 Å². The summed E-state index contributed by atoms with van der Waals surface area (Å²) in [5.74, 6) is 2.20. The van der Waals surface area contributed by atoms with Gasteiger partial charge in [0.05, 0.1) is 0 Å². The highest BCUT2D eigenvalue weighted by molar-refractivity contribution is 9.10. The Labute approximate surface area is 137 Å². The lowest BCUT2D eigenvalue weighted by Gasteiger charge is -2.08. The number of benzene rings is 1. The predicted molar refractivity (Wildman–Crippen MR) is 89.9 cm³/mol. The largest absolute Gasteiger partial charge is 0.369 e. The van der Waals surface area contributed by atoms with E-state index in [1.807, 2.05) is 30.3 Å². The predicted octanol–water partition coefficient (Wildman–Crippen LogP) is 3.56. The maximum Gasteiger partial charge on any atom is 0.226 e. The third-order valence-electron chi connectivity index (χ3n) is 3.40. The van der Waals surface area contributed by atoms with Gasteiger partial charge in [0.2, 0.25) is 5.91 Å². The van der Waals surface area contributed by atoms with Crippen molar-refractivity contribution in [2.24, 2.45) is 0 Å². The Hall–Kier alpha value is -1.95. The Morgan fingerprint density at radius 1 is 1.23 bits per heavy atom. The lowest BCUT2D eigenvalue weighted by molar-refractivity contribution is -0.115. The Morgan fingerprint density at radius 2 is 2.00 bits per heavy atom. The molecule has 2 aromatic rings. The van der Waals surface area contributed by atoms with Gasteiger partial charge in [0.15, 0.2) is 0 Å². The van der Waals surface area contributed by atoms with Crippen LogP contribution in [-0.2, 0) is 4.79 Å². The lowest BCUT2D eigenvalue weighted by atomic mass is 10.3. The molecule has 0 aliphatic heterocycles. The van der Waals surface area contributed by atoms with E-state index in [2.05, 4.69) is 36.5 Å². The van der Waals surface area contributed by atoms with Crippen LogP contribution in [0.4, 0.5) is 11.5 Å². The smallest absolute Gasteiger partial charge is 0.226 e. The molecule has 0 spiro atoms. The van der Waals surface area contributed by atoms with Gasteiger partial charge in [-0.15, -0.1) is 0 Å². The van der Waals surface area contributed by atoms with Crippen molar-refractivity contribution in [2.45, 2.75) is 25.2 Å². The summed E-state index contributed by atoms with van der Waals surface area (Å²) in [6, 6.07) is 9.35. The molecule has 114 valence electrons. The molecular weight excluding hydrogens is 344 g/mol. The zero-order chi connectivity index (χ0) is 15.4. The lowest BCUT2D eigenvalue weighted by Crippen LogP contribution is -2.16. The summed E-state index contributed by atoms with van der Waals surface area (Å²) >= 11 is 3.37. The molecule has 1 heterocycles. The quantitative estimate of drug-likeness (QED) is 0.826. The molecule has 0 saturated heterocycles. The van der Waals surface area contributed by atoms with Gasteiger partial charge in [-0.05, 0) is 43.2 Å². The van der Waals surface area contributed by atoms with Crippen molar-refractivity contribution in [3.8, 4) is 0 Å². The van der Waals surface area contributed by atoms with Gasteiger partial charge in [0.25, 0.3) is 0 Å². The minimum atomic E-state index is -0.0219. The summed E-state index contributed by atoms with van der Waals surface area (Å²) in [5, 5.41) is 6.04. The molecule has 1 aliphatic carbocycles. The highest BCUT2D eigenvalue weighted by atomic mass is 79.9. The van der Waals surface area contributed by atoms with Crippen molar-refractivity contribution in [1.82, 2.24) is 9.97 Å². The highest BCUT2D eigenvalue weighted by Crippen LogP contribution is 2.37. The molecule has 6 heteroatoms. The van der Waals surface area contributed by atoms with E-state index >= 15 is 0 Å². The molecule has 22 heavy (non-hydrogen) atoms. The van der Waals surface area contributed by atoms with Crippen LogP contribution in [0.5, 0.6) is 0 Å². The molecule has 1 aliphatic rings. The van der Waals surface area contributed by atoms with Gasteiger partial charge < -0.3 is 10.6 Å². The highest BCUT2D eigenvalue weighted by Gasteiger charge is 2.26. The van der Waals surface area contributed by atoms with Crippen molar-refractivity contribution in [1.29, 1.82) is 0 Å². The summed E-state index contributed by atoms with van der Waals surface area (Å²) in [6.45, 7) is 0.545. The molecule has 0 unspecified atom stereocenters. The molecular formula is C16H17BrN4O. The van der Waals surface area contributed by atoms with Crippen LogP contribution < -0.4 is 10.6 Å². The maximum atomic E-state index is 11.9. The number of halogens is 1. The van der Waals surface area contributed by atoms with Crippen molar-refractivity contribution in [3.05, 3.63) is 46.8 Å². The first-order valence-corrected chi connectivity index (χ1v) is 8.12. The number of amides is 1. The summed E-state index contributed by atoms with van der Waals surface area (Å²) in [6.07, 6.45) is 4.52. The van der Waals surface area contributed by atoms with Crippen LogP contribution in [0.3, 0.4) is 0 Å². The monoisotopic (exact) mass is 360 g/mol. The molecule has 0 bridgehead atoms. The molecule has 0 radical (unpaired) electrons. The fraction of sp³-hybridized carbons (Fsp3) is 0.312. The van der Waals surface area contributed by atoms with E-state index in [4.69, 9.17) is 0 Å². The first-order chi connectivity index (χ1) is 10.7. The summed E-state index contributed by atoms with van der Waals surface area (Å²) in [7, 11) is 0. The van der Waals surface area contributed by atoms with Gasteiger partial charge in [-0.2, -0.15) is 0 Å². The fourth-order valence-electron chi connectivity index (χ4n) is 2.07. The van der Waals surface area contributed by atoms with E-state index in [-0.39, 0.29) is 5.91 Å². The van der Waals surface area contributed by atoms with Crippen molar-refractivity contribution in [3.63, 3.8) is 0 Å². The SMILES string of the molecule is O=C(CCNc1ccnc(C2CC2)n1)Nc1ccc(Br)cc1. The van der Waals surface area contributed by atoms with Crippen LogP contribution in [0.2, 0.25) is 0 Å². The van der Waals surface area contributed by atoms with E-state index in [9.17, 15) is 4.79 Å².